The number of halogens is 1. The molecule has 0 spiro atoms. The van der Waals surface area contributed by atoms with Crippen molar-refractivity contribution in [1.82, 2.24) is 5.16 Å². The van der Waals surface area contributed by atoms with Crippen molar-refractivity contribution in [1.29, 1.82) is 0 Å². The molecule has 1 amide bonds. The number of benzene rings is 1. The predicted octanol–water partition coefficient (Wildman–Crippen LogP) is 1.96. The molecule has 3 N–H and O–H groups in total. The lowest BCUT2D eigenvalue weighted by Crippen LogP contribution is -2.12. The summed E-state index contributed by atoms with van der Waals surface area (Å²) in [4.78, 5) is 11.6. The number of hydrogen-bond acceptors (Lipinski definition) is 4. The van der Waals surface area contributed by atoms with E-state index in [9.17, 15) is 9.18 Å². The van der Waals surface area contributed by atoms with Gasteiger partial charge in [-0.2, -0.15) is 0 Å². The third kappa shape index (κ3) is 2.41. The standard InChI is InChI=1S/C11H10FN3O2/c1-6-4-10(17-15-6)11(16)14-9-3-2-7(13)5-8(9)12/h2-5H,13H2,1H3,(H,14,16). The lowest BCUT2D eigenvalue weighted by molar-refractivity contribution is 0.0987. The van der Waals surface area contributed by atoms with E-state index in [1.54, 1.807) is 6.92 Å². The van der Waals surface area contributed by atoms with Gasteiger partial charge >= 0.3 is 0 Å². The molecular weight excluding hydrogens is 225 g/mol. The number of nitrogen functional groups attached to an aromatic ring is 1. The predicted molar refractivity (Wildman–Crippen MR) is 60.0 cm³/mol. The number of hydrogen-bond donors (Lipinski definition) is 2. The van der Waals surface area contributed by atoms with Crippen LogP contribution in [0.1, 0.15) is 16.2 Å². The normalized spacial score (nSPS) is 10.2. The van der Waals surface area contributed by atoms with Crippen molar-refractivity contribution in [2.24, 2.45) is 0 Å². The first-order valence-electron chi connectivity index (χ1n) is 4.86. The van der Waals surface area contributed by atoms with Gasteiger partial charge in [-0.1, -0.05) is 5.16 Å². The largest absolute Gasteiger partial charge is 0.399 e. The Labute approximate surface area is 96.4 Å². The van der Waals surface area contributed by atoms with Crippen LogP contribution in [0.25, 0.3) is 0 Å². The number of aryl methyl sites for hydroxylation is 1. The Bertz CT molecular complexity index is 566. The van der Waals surface area contributed by atoms with Crippen LogP contribution in [-0.2, 0) is 0 Å². The van der Waals surface area contributed by atoms with E-state index in [4.69, 9.17) is 10.3 Å². The highest BCUT2D eigenvalue weighted by Gasteiger charge is 2.13. The minimum Gasteiger partial charge on any atom is -0.399 e. The molecular formula is C11H10FN3O2. The smallest absolute Gasteiger partial charge is 0.294 e. The molecule has 0 aliphatic carbocycles. The summed E-state index contributed by atoms with van der Waals surface area (Å²) >= 11 is 0. The van der Waals surface area contributed by atoms with Crippen LogP contribution in [0.3, 0.4) is 0 Å². The third-order valence-electron chi connectivity index (χ3n) is 2.09. The van der Waals surface area contributed by atoms with Gasteiger partial charge in [0.25, 0.3) is 5.91 Å². The summed E-state index contributed by atoms with van der Waals surface area (Å²) in [7, 11) is 0. The summed E-state index contributed by atoms with van der Waals surface area (Å²) in [5, 5.41) is 5.93. The Kier molecular flexibility index (Phi) is 2.78. The molecule has 2 rings (SSSR count). The minimum atomic E-state index is -0.602. The Hall–Kier alpha value is -2.37. The van der Waals surface area contributed by atoms with Crippen molar-refractivity contribution < 1.29 is 13.7 Å². The maximum absolute atomic E-state index is 13.4. The van der Waals surface area contributed by atoms with Gasteiger partial charge in [0.2, 0.25) is 5.76 Å². The summed E-state index contributed by atoms with van der Waals surface area (Å²) < 4.78 is 18.1. The van der Waals surface area contributed by atoms with Crippen molar-refractivity contribution >= 4 is 17.3 Å². The summed E-state index contributed by atoms with van der Waals surface area (Å²) in [5.74, 6) is -1.14. The van der Waals surface area contributed by atoms with Crippen LogP contribution in [0.2, 0.25) is 0 Å². The van der Waals surface area contributed by atoms with Crippen LogP contribution in [0.4, 0.5) is 15.8 Å². The second-order valence-corrected chi connectivity index (χ2v) is 3.53. The molecule has 1 aromatic carbocycles. The molecule has 0 saturated carbocycles. The highest BCUT2D eigenvalue weighted by Crippen LogP contribution is 2.17. The van der Waals surface area contributed by atoms with Gasteiger partial charge in [0.15, 0.2) is 0 Å². The summed E-state index contributed by atoms with van der Waals surface area (Å²) in [6, 6.07) is 5.46. The molecule has 0 atom stereocenters. The van der Waals surface area contributed by atoms with E-state index >= 15 is 0 Å². The van der Waals surface area contributed by atoms with Crippen molar-refractivity contribution in [2.45, 2.75) is 6.92 Å². The molecule has 88 valence electrons. The molecule has 0 fully saturated rings. The van der Waals surface area contributed by atoms with Crippen LogP contribution >= 0.6 is 0 Å². The zero-order chi connectivity index (χ0) is 12.4. The molecule has 0 aliphatic heterocycles. The maximum Gasteiger partial charge on any atom is 0.294 e. The molecule has 0 aliphatic rings. The van der Waals surface area contributed by atoms with Crippen LogP contribution in [0, 0.1) is 12.7 Å². The average Bonchev–Trinajstić information content (AvgIpc) is 2.69. The second-order valence-electron chi connectivity index (χ2n) is 3.53. The van der Waals surface area contributed by atoms with E-state index < -0.39 is 11.7 Å². The highest BCUT2D eigenvalue weighted by molar-refractivity contribution is 6.02. The minimum absolute atomic E-state index is 0.0266. The van der Waals surface area contributed by atoms with E-state index in [1.807, 2.05) is 0 Å². The molecule has 0 unspecified atom stereocenters. The fourth-order valence-electron chi connectivity index (χ4n) is 1.29. The number of nitrogens with zero attached hydrogens (tertiary/aromatic N) is 1. The molecule has 5 nitrogen and oxygen atoms in total. The molecule has 6 heteroatoms. The van der Waals surface area contributed by atoms with Crippen LogP contribution in [0.5, 0.6) is 0 Å². The maximum atomic E-state index is 13.4. The average molecular weight is 235 g/mol. The molecule has 0 saturated heterocycles. The van der Waals surface area contributed by atoms with Gasteiger partial charge in [-0.25, -0.2) is 4.39 Å². The van der Waals surface area contributed by atoms with E-state index in [0.29, 0.717) is 5.69 Å². The third-order valence-corrected chi connectivity index (χ3v) is 2.09. The molecule has 17 heavy (non-hydrogen) atoms. The SMILES string of the molecule is Cc1cc(C(=O)Nc2ccc(N)cc2F)on1. The highest BCUT2D eigenvalue weighted by atomic mass is 19.1. The Balaban J connectivity index is 2.18. The van der Waals surface area contributed by atoms with Crippen LogP contribution in [0.15, 0.2) is 28.8 Å². The van der Waals surface area contributed by atoms with Gasteiger partial charge in [0.05, 0.1) is 11.4 Å². The first kappa shape index (κ1) is 11.1. The first-order valence-corrected chi connectivity index (χ1v) is 4.86. The molecule has 1 aromatic heterocycles. The monoisotopic (exact) mass is 235 g/mol. The molecule has 1 heterocycles. The van der Waals surface area contributed by atoms with Crippen LogP contribution in [-0.4, -0.2) is 11.1 Å². The molecule has 0 bridgehead atoms. The fourth-order valence-corrected chi connectivity index (χ4v) is 1.29. The van der Waals surface area contributed by atoms with Crippen molar-refractivity contribution in [3.63, 3.8) is 0 Å². The lowest BCUT2D eigenvalue weighted by atomic mass is 10.2. The number of nitrogens with one attached hydrogen (secondary N) is 1. The number of amides is 1. The van der Waals surface area contributed by atoms with Gasteiger partial charge in [-0.3, -0.25) is 4.79 Å². The fraction of sp³-hybridized carbons (Fsp3) is 0.0909. The number of nitrogens with two attached hydrogens (primary N) is 1. The summed E-state index contributed by atoms with van der Waals surface area (Å²) in [5.41, 5.74) is 6.30. The number of anilines is 2. The lowest BCUT2D eigenvalue weighted by Gasteiger charge is -2.04. The number of carbonyl (C=O) groups is 1. The second kappa shape index (κ2) is 4.25. The summed E-state index contributed by atoms with van der Waals surface area (Å²) in [6.45, 7) is 1.68. The molecule has 2 aromatic rings. The van der Waals surface area contributed by atoms with Gasteiger partial charge < -0.3 is 15.6 Å². The first-order chi connectivity index (χ1) is 8.06. The van der Waals surface area contributed by atoms with Crippen molar-refractivity contribution in [2.75, 3.05) is 11.1 Å². The quantitative estimate of drug-likeness (QED) is 0.779. The van der Waals surface area contributed by atoms with E-state index in [0.717, 1.165) is 6.07 Å². The Morgan fingerprint density at radius 1 is 1.47 bits per heavy atom. The van der Waals surface area contributed by atoms with Crippen LogP contribution < -0.4 is 11.1 Å². The van der Waals surface area contributed by atoms with Gasteiger partial charge in [0.1, 0.15) is 5.82 Å². The van der Waals surface area contributed by atoms with Gasteiger partial charge in [-0.05, 0) is 25.1 Å². The Morgan fingerprint density at radius 3 is 2.82 bits per heavy atom. The molecule has 0 radical (unpaired) electrons. The Morgan fingerprint density at radius 2 is 2.24 bits per heavy atom. The number of aromatic nitrogens is 1. The topological polar surface area (TPSA) is 81.2 Å². The summed E-state index contributed by atoms with van der Waals surface area (Å²) in [6.07, 6.45) is 0. The van der Waals surface area contributed by atoms with E-state index in [1.165, 1.54) is 18.2 Å². The number of rotatable bonds is 2. The van der Waals surface area contributed by atoms with Gasteiger partial charge in [0, 0.05) is 11.8 Å². The van der Waals surface area contributed by atoms with E-state index in [2.05, 4.69) is 10.5 Å². The number of carbonyl (C=O) groups excluding carboxylic acids is 1. The van der Waals surface area contributed by atoms with Crippen molar-refractivity contribution in [3.8, 4) is 0 Å². The van der Waals surface area contributed by atoms with Gasteiger partial charge in [-0.15, -0.1) is 0 Å². The van der Waals surface area contributed by atoms with Crippen molar-refractivity contribution in [3.05, 3.63) is 41.5 Å². The van der Waals surface area contributed by atoms with E-state index in [-0.39, 0.29) is 17.1 Å². The zero-order valence-corrected chi connectivity index (χ0v) is 9.03. The zero-order valence-electron chi connectivity index (χ0n) is 9.03.